The van der Waals surface area contributed by atoms with E-state index < -0.39 is 59.6 Å². The van der Waals surface area contributed by atoms with Crippen LogP contribution in [-0.2, 0) is 11.0 Å². The molecule has 34 heavy (non-hydrogen) atoms. The van der Waals surface area contributed by atoms with Gasteiger partial charge in [-0.3, -0.25) is 4.79 Å². The smallest absolute Gasteiger partial charge is 0.388 e. The molecule has 0 radical (unpaired) electrons. The van der Waals surface area contributed by atoms with E-state index in [9.17, 15) is 40.3 Å². The molecule has 0 bridgehead atoms. The third kappa shape index (κ3) is 5.82. The van der Waals surface area contributed by atoms with Crippen molar-refractivity contribution in [3.63, 3.8) is 0 Å². The van der Waals surface area contributed by atoms with Crippen LogP contribution in [0.3, 0.4) is 0 Å². The number of hydrogen-bond donors (Lipinski definition) is 2. The highest BCUT2D eigenvalue weighted by molar-refractivity contribution is 5.88. The van der Waals surface area contributed by atoms with Crippen molar-refractivity contribution in [1.82, 2.24) is 25.5 Å². The molecule has 3 amide bonds. The van der Waals surface area contributed by atoms with Gasteiger partial charge in [0.05, 0.1) is 11.7 Å². The van der Waals surface area contributed by atoms with Gasteiger partial charge in [-0.2, -0.15) is 13.2 Å². The number of nitrogens with one attached hydrogen (secondary N) is 2. The lowest BCUT2D eigenvalue weighted by atomic mass is 10.0. The Kier molecular flexibility index (Phi) is 6.84. The van der Waals surface area contributed by atoms with E-state index in [2.05, 4.69) is 25.3 Å². The van der Waals surface area contributed by atoms with Crippen LogP contribution >= 0.6 is 0 Å². The molecule has 0 aliphatic carbocycles. The summed E-state index contributed by atoms with van der Waals surface area (Å²) in [6.45, 7) is 1.62. The Hall–Kier alpha value is -3.65. The number of piperazine rings is 1. The minimum absolute atomic E-state index is 0.0761. The lowest BCUT2D eigenvalue weighted by Gasteiger charge is -2.34. The fourth-order valence-electron chi connectivity index (χ4n) is 3.15. The highest BCUT2D eigenvalue weighted by atomic mass is 19.4. The predicted octanol–water partition coefficient (Wildman–Crippen LogP) is 3.15. The van der Waals surface area contributed by atoms with Gasteiger partial charge in [-0.05, 0) is 30.7 Å². The summed E-state index contributed by atoms with van der Waals surface area (Å²) in [4.78, 5) is 32.5. The molecule has 2 atom stereocenters. The molecule has 0 unspecified atom stereocenters. The van der Waals surface area contributed by atoms with Gasteiger partial charge in [0.15, 0.2) is 11.5 Å². The summed E-state index contributed by atoms with van der Waals surface area (Å²) in [5.41, 5.74) is -2.40. The van der Waals surface area contributed by atoms with E-state index in [1.807, 2.05) is 0 Å². The zero-order chi connectivity index (χ0) is 25.3. The third-order valence-corrected chi connectivity index (χ3v) is 4.77. The summed E-state index contributed by atoms with van der Waals surface area (Å²) in [6, 6.07) is -0.0993. The first-order chi connectivity index (χ1) is 15.8. The first-order valence-corrected chi connectivity index (χ1v) is 9.56. The molecule has 0 aromatic carbocycles. The number of nitrogens with zero attached hydrogens (tertiary/aromatic N) is 3. The fraction of sp³-hybridized carbons (Fsp3) is 0.368. The van der Waals surface area contributed by atoms with Crippen molar-refractivity contribution in [3.05, 3.63) is 53.2 Å². The number of aromatic nitrogens is 2. The predicted molar refractivity (Wildman–Crippen MR) is 99.7 cm³/mol. The number of alkyl halides is 6. The maximum atomic E-state index is 13.7. The van der Waals surface area contributed by atoms with Crippen LogP contribution in [0.4, 0.5) is 35.5 Å². The molecule has 2 N–H and O–H groups in total. The zero-order valence-corrected chi connectivity index (χ0v) is 17.2. The molecular weight excluding hydrogens is 479 g/mol. The Morgan fingerprint density at radius 2 is 1.91 bits per heavy atom. The normalized spacial score (nSPS) is 17.7. The van der Waals surface area contributed by atoms with Gasteiger partial charge in [-0.25, -0.2) is 19.2 Å². The average molecular weight is 495 g/mol. The minimum Gasteiger partial charge on any atom is -0.388 e. The quantitative estimate of drug-likeness (QED) is 0.636. The van der Waals surface area contributed by atoms with Gasteiger partial charge in [-0.15, -0.1) is 13.2 Å². The van der Waals surface area contributed by atoms with Gasteiger partial charge in [-0.1, -0.05) is 0 Å². The van der Waals surface area contributed by atoms with Crippen LogP contribution in [0, 0.1) is 5.82 Å². The first kappa shape index (κ1) is 25.0. The number of carbonyl (C=O) groups is 2. The molecule has 1 aliphatic heterocycles. The average Bonchev–Trinajstić information content (AvgIpc) is 2.73. The molecule has 8 nitrogen and oxygen atoms in total. The fourth-order valence-corrected chi connectivity index (χ4v) is 3.15. The molecule has 2 aromatic rings. The van der Waals surface area contributed by atoms with Crippen molar-refractivity contribution < 1.29 is 45.1 Å². The molecule has 0 spiro atoms. The second-order valence-electron chi connectivity index (χ2n) is 7.08. The minimum atomic E-state index is -5.16. The number of pyridine rings is 2. The summed E-state index contributed by atoms with van der Waals surface area (Å²) in [5.74, 6) is -2.98. The molecule has 184 valence electrons. The third-order valence-electron chi connectivity index (χ3n) is 4.77. The molecule has 1 aliphatic rings. The maximum absolute atomic E-state index is 13.7. The van der Waals surface area contributed by atoms with Crippen LogP contribution in [0.15, 0.2) is 30.5 Å². The van der Waals surface area contributed by atoms with Crippen LogP contribution in [-0.4, -0.2) is 52.3 Å². The highest BCUT2D eigenvalue weighted by Crippen LogP contribution is 2.32. The lowest BCUT2D eigenvalue weighted by molar-refractivity contribution is -0.276. The Bertz CT molecular complexity index is 1060. The Morgan fingerprint density at radius 3 is 2.50 bits per heavy atom. The van der Waals surface area contributed by atoms with Gasteiger partial charge in [0, 0.05) is 25.4 Å². The first-order valence-electron chi connectivity index (χ1n) is 9.56. The van der Waals surface area contributed by atoms with Gasteiger partial charge >= 0.3 is 18.6 Å². The molecule has 3 heterocycles. The van der Waals surface area contributed by atoms with E-state index in [0.29, 0.717) is 6.07 Å². The maximum Gasteiger partial charge on any atom is 0.574 e. The van der Waals surface area contributed by atoms with Crippen molar-refractivity contribution in [3.8, 4) is 5.88 Å². The standard InChI is InChI=1S/C19H16F7N5O3/c1-9-16(32)27-6-7-31(9)17(33)30-14(10-2-5-13(28-8-10)34-19(24,25)26)12-4-3-11(20)15(29-12)18(21,22)23/h2-5,8-9,14H,6-7H2,1H3,(H,27,32)(H,30,33)/t9-,14+/m1/s1. The summed E-state index contributed by atoms with van der Waals surface area (Å²) in [6.07, 6.45) is -9.36. The molecule has 1 saturated heterocycles. The molecule has 3 rings (SSSR count). The molecular formula is C19H16F7N5O3. The largest absolute Gasteiger partial charge is 0.574 e. The highest BCUT2D eigenvalue weighted by Gasteiger charge is 2.38. The number of ether oxygens (including phenoxy) is 1. The summed E-state index contributed by atoms with van der Waals surface area (Å²) in [7, 11) is 0. The molecule has 0 saturated carbocycles. The van der Waals surface area contributed by atoms with E-state index in [1.54, 1.807) is 0 Å². The summed E-state index contributed by atoms with van der Waals surface area (Å²) < 4.78 is 94.1. The van der Waals surface area contributed by atoms with Crippen molar-refractivity contribution in [2.24, 2.45) is 0 Å². The van der Waals surface area contributed by atoms with Crippen LogP contribution in [0.1, 0.15) is 29.9 Å². The summed E-state index contributed by atoms with van der Waals surface area (Å²) >= 11 is 0. The van der Waals surface area contributed by atoms with Crippen molar-refractivity contribution in [2.75, 3.05) is 13.1 Å². The van der Waals surface area contributed by atoms with Gasteiger partial charge in [0.2, 0.25) is 11.8 Å². The number of carbonyl (C=O) groups excluding carboxylic acids is 2. The lowest BCUT2D eigenvalue weighted by Crippen LogP contribution is -2.58. The SMILES string of the molecule is C[C@@H]1C(=O)NCCN1C(=O)N[C@@H](c1ccc(OC(F)(F)F)nc1)c1ccc(F)c(C(F)(F)F)n1. The van der Waals surface area contributed by atoms with E-state index in [1.165, 1.54) is 6.92 Å². The topological polar surface area (TPSA) is 96.5 Å². The second-order valence-corrected chi connectivity index (χ2v) is 7.08. The second kappa shape index (κ2) is 9.30. The van der Waals surface area contributed by atoms with Crippen LogP contribution in [0.25, 0.3) is 0 Å². The van der Waals surface area contributed by atoms with Gasteiger partial charge in [0.25, 0.3) is 0 Å². The summed E-state index contributed by atoms with van der Waals surface area (Å²) in [5, 5.41) is 4.92. The van der Waals surface area contributed by atoms with Crippen LogP contribution < -0.4 is 15.4 Å². The number of hydrogen-bond acceptors (Lipinski definition) is 5. The number of rotatable bonds is 4. The Balaban J connectivity index is 1.99. The Morgan fingerprint density at radius 1 is 1.21 bits per heavy atom. The van der Waals surface area contributed by atoms with E-state index in [4.69, 9.17) is 0 Å². The zero-order valence-electron chi connectivity index (χ0n) is 17.2. The van der Waals surface area contributed by atoms with Crippen molar-refractivity contribution in [2.45, 2.75) is 31.5 Å². The Labute approximate surface area is 187 Å². The van der Waals surface area contributed by atoms with Crippen LogP contribution in [0.2, 0.25) is 0 Å². The number of amides is 3. The van der Waals surface area contributed by atoms with Crippen molar-refractivity contribution >= 4 is 11.9 Å². The van der Waals surface area contributed by atoms with Crippen LogP contribution in [0.5, 0.6) is 5.88 Å². The molecule has 1 fully saturated rings. The molecule has 2 aromatic heterocycles. The van der Waals surface area contributed by atoms with E-state index >= 15 is 0 Å². The van der Waals surface area contributed by atoms with E-state index in [-0.39, 0.29) is 18.7 Å². The monoisotopic (exact) mass is 495 g/mol. The number of urea groups is 1. The number of halogens is 7. The van der Waals surface area contributed by atoms with Gasteiger partial charge < -0.3 is 20.3 Å². The molecule has 15 heteroatoms. The van der Waals surface area contributed by atoms with E-state index in [0.717, 1.165) is 29.3 Å². The van der Waals surface area contributed by atoms with Crippen molar-refractivity contribution in [1.29, 1.82) is 0 Å². The van der Waals surface area contributed by atoms with Gasteiger partial charge in [0.1, 0.15) is 6.04 Å².